The molecule has 2 rings (SSSR count). The Bertz CT molecular complexity index is 566. The second kappa shape index (κ2) is 6.50. The fraction of sp³-hybridized carbons (Fsp3) is 0.188. The Morgan fingerprint density at radius 1 is 1.11 bits per heavy atom. The normalized spacial score (nSPS) is 10.4. The van der Waals surface area contributed by atoms with E-state index in [-0.39, 0.29) is 5.78 Å². The Hall–Kier alpha value is -1.64. The number of halogens is 1. The lowest BCUT2D eigenvalue weighted by molar-refractivity contribution is 0.103. The molecule has 2 aromatic carbocycles. The third kappa shape index (κ3) is 3.43. The van der Waals surface area contributed by atoms with E-state index in [1.807, 2.05) is 42.5 Å². The van der Waals surface area contributed by atoms with Gasteiger partial charge in [-0.3, -0.25) is 4.79 Å². The molecule has 0 aliphatic rings. The van der Waals surface area contributed by atoms with Gasteiger partial charge in [-0.05, 0) is 37.1 Å². The lowest BCUT2D eigenvalue weighted by atomic mass is 9.96. The number of hydrogen-bond acceptors (Lipinski definition) is 2. The van der Waals surface area contributed by atoms with Crippen LogP contribution in [0.1, 0.15) is 27.9 Å². The van der Waals surface area contributed by atoms with Gasteiger partial charge in [-0.2, -0.15) is 0 Å². The molecule has 2 nitrogen and oxygen atoms in total. The van der Waals surface area contributed by atoms with Gasteiger partial charge in [0, 0.05) is 16.1 Å². The second-order valence-electron chi connectivity index (χ2n) is 4.39. The maximum Gasteiger partial charge on any atom is 0.193 e. The van der Waals surface area contributed by atoms with Gasteiger partial charge in [0.2, 0.25) is 0 Å². The molecular weight excluding hydrogens is 258 g/mol. The minimum Gasteiger partial charge on any atom is -0.330 e. The number of ketones is 1. The number of benzene rings is 2. The van der Waals surface area contributed by atoms with Gasteiger partial charge >= 0.3 is 0 Å². The van der Waals surface area contributed by atoms with Crippen LogP contribution in [-0.2, 0) is 6.42 Å². The Kier molecular flexibility index (Phi) is 4.72. The van der Waals surface area contributed by atoms with E-state index in [1.54, 1.807) is 6.07 Å². The van der Waals surface area contributed by atoms with E-state index in [4.69, 9.17) is 17.3 Å². The van der Waals surface area contributed by atoms with E-state index in [1.165, 1.54) is 0 Å². The van der Waals surface area contributed by atoms with Crippen LogP contribution in [0.2, 0.25) is 5.02 Å². The van der Waals surface area contributed by atoms with Crippen LogP contribution in [0.25, 0.3) is 0 Å². The van der Waals surface area contributed by atoms with Gasteiger partial charge in [-0.15, -0.1) is 0 Å². The molecule has 2 N–H and O–H groups in total. The fourth-order valence-corrected chi connectivity index (χ4v) is 2.19. The zero-order valence-corrected chi connectivity index (χ0v) is 11.4. The standard InChI is InChI=1S/C16H16ClNO/c17-14-9-8-12(7-4-10-18)15(11-14)16(19)13-5-2-1-3-6-13/h1-3,5-6,8-9,11H,4,7,10,18H2. The van der Waals surface area contributed by atoms with E-state index in [0.717, 1.165) is 18.4 Å². The van der Waals surface area contributed by atoms with Crippen molar-refractivity contribution in [3.05, 3.63) is 70.2 Å². The third-order valence-electron chi connectivity index (χ3n) is 3.00. The first kappa shape index (κ1) is 13.8. The van der Waals surface area contributed by atoms with Crippen molar-refractivity contribution in [1.82, 2.24) is 0 Å². The van der Waals surface area contributed by atoms with Crippen molar-refractivity contribution in [3.63, 3.8) is 0 Å². The summed E-state index contributed by atoms with van der Waals surface area (Å²) in [5, 5.41) is 0.579. The van der Waals surface area contributed by atoms with Crippen molar-refractivity contribution < 1.29 is 4.79 Å². The molecule has 0 unspecified atom stereocenters. The van der Waals surface area contributed by atoms with Crippen molar-refractivity contribution in [2.24, 2.45) is 5.73 Å². The third-order valence-corrected chi connectivity index (χ3v) is 3.24. The maximum absolute atomic E-state index is 12.5. The molecule has 0 saturated carbocycles. The summed E-state index contributed by atoms with van der Waals surface area (Å²) >= 11 is 6.01. The molecular formula is C16H16ClNO. The number of aryl methyl sites for hydroxylation is 1. The molecule has 0 bridgehead atoms. The van der Waals surface area contributed by atoms with Gasteiger partial charge in [-0.25, -0.2) is 0 Å². The van der Waals surface area contributed by atoms with Gasteiger partial charge < -0.3 is 5.73 Å². The molecule has 2 aromatic rings. The summed E-state index contributed by atoms with van der Waals surface area (Å²) in [6.45, 7) is 0.613. The van der Waals surface area contributed by atoms with E-state index in [2.05, 4.69) is 0 Å². The Morgan fingerprint density at radius 2 is 1.84 bits per heavy atom. The highest BCUT2D eigenvalue weighted by molar-refractivity contribution is 6.31. The average Bonchev–Trinajstić information content (AvgIpc) is 2.46. The zero-order valence-electron chi connectivity index (χ0n) is 10.6. The van der Waals surface area contributed by atoms with Crippen molar-refractivity contribution in [3.8, 4) is 0 Å². The molecule has 0 spiro atoms. The van der Waals surface area contributed by atoms with E-state index in [0.29, 0.717) is 22.7 Å². The smallest absolute Gasteiger partial charge is 0.193 e. The molecule has 0 fully saturated rings. The van der Waals surface area contributed by atoms with Crippen LogP contribution in [-0.4, -0.2) is 12.3 Å². The van der Waals surface area contributed by atoms with Crippen molar-refractivity contribution in [2.75, 3.05) is 6.54 Å². The predicted octanol–water partition coefficient (Wildman–Crippen LogP) is 3.46. The molecule has 0 aromatic heterocycles. The highest BCUT2D eigenvalue weighted by Crippen LogP contribution is 2.20. The maximum atomic E-state index is 12.5. The first-order chi connectivity index (χ1) is 9.22. The monoisotopic (exact) mass is 273 g/mol. The van der Waals surface area contributed by atoms with Gasteiger partial charge in [0.1, 0.15) is 0 Å². The van der Waals surface area contributed by atoms with Crippen molar-refractivity contribution >= 4 is 17.4 Å². The molecule has 3 heteroatoms. The van der Waals surface area contributed by atoms with Gasteiger partial charge in [0.15, 0.2) is 5.78 Å². The zero-order chi connectivity index (χ0) is 13.7. The minimum atomic E-state index is 0.00937. The SMILES string of the molecule is NCCCc1ccc(Cl)cc1C(=O)c1ccccc1. The lowest BCUT2D eigenvalue weighted by Crippen LogP contribution is -2.07. The summed E-state index contributed by atoms with van der Waals surface area (Å²) in [5.74, 6) is 0.00937. The molecule has 0 aliphatic carbocycles. The van der Waals surface area contributed by atoms with Crippen LogP contribution in [0.5, 0.6) is 0 Å². The Labute approximate surface area is 118 Å². The topological polar surface area (TPSA) is 43.1 Å². The number of carbonyl (C=O) groups is 1. The lowest BCUT2D eigenvalue weighted by Gasteiger charge is -2.09. The highest BCUT2D eigenvalue weighted by Gasteiger charge is 2.13. The second-order valence-corrected chi connectivity index (χ2v) is 4.83. The summed E-state index contributed by atoms with van der Waals surface area (Å²) in [6.07, 6.45) is 1.65. The Balaban J connectivity index is 2.37. The summed E-state index contributed by atoms with van der Waals surface area (Å²) < 4.78 is 0. The largest absolute Gasteiger partial charge is 0.330 e. The van der Waals surface area contributed by atoms with E-state index >= 15 is 0 Å². The van der Waals surface area contributed by atoms with Crippen LogP contribution >= 0.6 is 11.6 Å². The first-order valence-electron chi connectivity index (χ1n) is 6.30. The minimum absolute atomic E-state index is 0.00937. The highest BCUT2D eigenvalue weighted by atomic mass is 35.5. The summed E-state index contributed by atoms with van der Waals surface area (Å²) in [7, 11) is 0. The summed E-state index contributed by atoms with van der Waals surface area (Å²) in [4.78, 5) is 12.5. The molecule has 0 heterocycles. The summed E-state index contributed by atoms with van der Waals surface area (Å²) in [5.41, 5.74) is 7.89. The molecule has 0 amide bonds. The van der Waals surface area contributed by atoms with Crippen LogP contribution in [0.4, 0.5) is 0 Å². The number of carbonyl (C=O) groups excluding carboxylic acids is 1. The average molecular weight is 274 g/mol. The molecule has 0 aliphatic heterocycles. The number of nitrogens with two attached hydrogens (primary N) is 1. The molecule has 98 valence electrons. The first-order valence-corrected chi connectivity index (χ1v) is 6.68. The molecule has 0 radical (unpaired) electrons. The van der Waals surface area contributed by atoms with Crippen molar-refractivity contribution in [2.45, 2.75) is 12.8 Å². The quantitative estimate of drug-likeness (QED) is 0.848. The predicted molar refractivity (Wildman–Crippen MR) is 78.7 cm³/mol. The fourth-order valence-electron chi connectivity index (χ4n) is 2.02. The van der Waals surface area contributed by atoms with Crippen LogP contribution in [0, 0.1) is 0 Å². The van der Waals surface area contributed by atoms with Crippen molar-refractivity contribution in [1.29, 1.82) is 0 Å². The summed E-state index contributed by atoms with van der Waals surface area (Å²) in [6, 6.07) is 14.7. The van der Waals surface area contributed by atoms with Gasteiger partial charge in [0.25, 0.3) is 0 Å². The van der Waals surface area contributed by atoms with E-state index in [9.17, 15) is 4.79 Å². The van der Waals surface area contributed by atoms with E-state index < -0.39 is 0 Å². The van der Waals surface area contributed by atoms with Gasteiger partial charge in [0.05, 0.1) is 0 Å². The molecule has 0 saturated heterocycles. The number of hydrogen-bond donors (Lipinski definition) is 1. The van der Waals surface area contributed by atoms with Crippen LogP contribution in [0.3, 0.4) is 0 Å². The number of rotatable bonds is 5. The van der Waals surface area contributed by atoms with Crippen LogP contribution < -0.4 is 5.73 Å². The van der Waals surface area contributed by atoms with Crippen LogP contribution in [0.15, 0.2) is 48.5 Å². The Morgan fingerprint density at radius 3 is 2.53 bits per heavy atom. The molecule has 0 atom stereocenters. The molecule has 19 heavy (non-hydrogen) atoms. The van der Waals surface area contributed by atoms with Gasteiger partial charge in [-0.1, -0.05) is 48.0 Å².